The van der Waals surface area contributed by atoms with Crippen molar-refractivity contribution >= 4 is 87.4 Å². The zero-order chi connectivity index (χ0) is 22.2. The molecule has 5 N–H and O–H groups in total. The number of carbonyl (C=O) groups is 3. The van der Waals surface area contributed by atoms with Crippen LogP contribution >= 0.6 is 58.8 Å². The highest BCUT2D eigenvalue weighted by molar-refractivity contribution is 8.01. The van der Waals surface area contributed by atoms with Gasteiger partial charge < -0.3 is 26.3 Å². The Balaban J connectivity index is 0.00000289. The molecule has 172 valence electrons. The quantitative estimate of drug-likeness (QED) is 0.126. The summed E-state index contributed by atoms with van der Waals surface area (Å²) < 4.78 is 4.56. The SMILES string of the molecule is Cl.Nc1nc(C(=NO)C(=O)NC2C(=O)N3CC(CSc4ncns4)(C(=O)O)CS[C@H]23)cs1. The van der Waals surface area contributed by atoms with Crippen LogP contribution in [0.4, 0.5) is 5.13 Å². The number of halogens is 1. The minimum Gasteiger partial charge on any atom is -0.481 e. The van der Waals surface area contributed by atoms with E-state index in [-0.39, 0.29) is 47.0 Å². The Morgan fingerprint density at radius 3 is 2.84 bits per heavy atom. The van der Waals surface area contributed by atoms with Crippen LogP contribution in [0.2, 0.25) is 0 Å². The lowest BCUT2D eigenvalue weighted by Crippen LogP contribution is -2.74. The monoisotopic (exact) mass is 537 g/mol. The first-order valence-corrected chi connectivity index (χ1v) is 12.3. The number of thiazole rings is 1. The fraction of sp³-hybridized carbons (Fsp3) is 0.400. The Labute approximate surface area is 203 Å². The van der Waals surface area contributed by atoms with Crippen molar-refractivity contribution in [1.29, 1.82) is 0 Å². The summed E-state index contributed by atoms with van der Waals surface area (Å²) in [6, 6.07) is -0.854. The number of carboxylic acid groups (broad SMARTS) is 1. The molecule has 32 heavy (non-hydrogen) atoms. The molecule has 0 aliphatic carbocycles. The van der Waals surface area contributed by atoms with Crippen LogP contribution in [0.5, 0.6) is 0 Å². The molecule has 2 aliphatic rings. The van der Waals surface area contributed by atoms with E-state index >= 15 is 0 Å². The average Bonchev–Trinajstić information content (AvgIpc) is 3.42. The summed E-state index contributed by atoms with van der Waals surface area (Å²) in [4.78, 5) is 46.6. The number of carbonyl (C=O) groups excluding carboxylic acids is 2. The summed E-state index contributed by atoms with van der Waals surface area (Å²) in [6.07, 6.45) is 1.40. The Morgan fingerprint density at radius 1 is 1.47 bits per heavy atom. The summed E-state index contributed by atoms with van der Waals surface area (Å²) in [5.74, 6) is -1.66. The third-order valence-corrected chi connectivity index (χ3v) is 9.13. The number of fused-ring (bicyclic) bond motifs is 1. The number of β-lactam (4-membered cyclic amide) rings is 1. The Hall–Kier alpha value is -2.14. The van der Waals surface area contributed by atoms with Crippen LogP contribution in [-0.2, 0) is 14.4 Å². The molecule has 3 atom stereocenters. The van der Waals surface area contributed by atoms with Crippen LogP contribution in [-0.4, -0.2) is 82.5 Å². The smallest absolute Gasteiger partial charge is 0.313 e. The Morgan fingerprint density at radius 2 is 2.25 bits per heavy atom. The van der Waals surface area contributed by atoms with Gasteiger partial charge in [0.2, 0.25) is 5.91 Å². The predicted octanol–water partition coefficient (Wildman–Crippen LogP) is 0.440. The lowest BCUT2D eigenvalue weighted by atomic mass is 9.89. The number of nitrogens with zero attached hydrogens (tertiary/aromatic N) is 5. The second-order valence-electron chi connectivity index (χ2n) is 6.72. The summed E-state index contributed by atoms with van der Waals surface area (Å²) in [5.41, 5.74) is 4.15. The Kier molecular flexibility index (Phi) is 7.49. The number of aliphatic carboxylic acids is 1. The minimum absolute atomic E-state index is 0. The van der Waals surface area contributed by atoms with E-state index in [0.29, 0.717) is 4.34 Å². The molecule has 2 unspecified atom stereocenters. The summed E-state index contributed by atoms with van der Waals surface area (Å²) in [7, 11) is 0. The summed E-state index contributed by atoms with van der Waals surface area (Å²) in [5, 5.41) is 25.8. The number of nitrogens with two attached hydrogens (primary N) is 1. The third-order valence-electron chi connectivity index (χ3n) is 4.78. The number of hydrogen-bond donors (Lipinski definition) is 4. The van der Waals surface area contributed by atoms with Crippen LogP contribution in [0.25, 0.3) is 0 Å². The standard InChI is InChI=1S/C15H15N7O5S4.ClH/c16-13-19-6(1-28-13)7(21-27)9(23)20-8-10(24)22-2-15(12(25)26,3-29-11(8)22)4-30-14-17-5-18-31-14;/h1,5,8,11,27H,2-4H2,(H2,16,19)(H,20,23)(H,25,26);1H/t8?,11-,15?;/m1./s1. The van der Waals surface area contributed by atoms with Crippen molar-refractivity contribution in [1.82, 2.24) is 24.6 Å². The molecule has 12 nitrogen and oxygen atoms in total. The average molecular weight is 538 g/mol. The van der Waals surface area contributed by atoms with Crippen molar-refractivity contribution in [2.45, 2.75) is 15.8 Å². The van der Waals surface area contributed by atoms with Crippen LogP contribution in [0, 0.1) is 5.41 Å². The second kappa shape index (κ2) is 9.78. The van der Waals surface area contributed by atoms with Gasteiger partial charge in [0, 0.05) is 23.4 Å². The van der Waals surface area contributed by atoms with Crippen LogP contribution in [0.1, 0.15) is 5.69 Å². The van der Waals surface area contributed by atoms with Gasteiger partial charge >= 0.3 is 5.97 Å². The van der Waals surface area contributed by atoms with Gasteiger partial charge in [0.15, 0.2) is 15.2 Å². The number of rotatable bonds is 7. The van der Waals surface area contributed by atoms with E-state index in [1.165, 1.54) is 51.7 Å². The molecule has 2 amide bonds. The van der Waals surface area contributed by atoms with Crippen molar-refractivity contribution in [3.63, 3.8) is 0 Å². The minimum atomic E-state index is -1.14. The van der Waals surface area contributed by atoms with Gasteiger partial charge in [-0.2, -0.15) is 4.37 Å². The number of oxime groups is 1. The largest absolute Gasteiger partial charge is 0.481 e. The van der Waals surface area contributed by atoms with E-state index in [9.17, 15) is 24.7 Å². The molecule has 2 aliphatic heterocycles. The molecule has 0 bridgehead atoms. The Bertz CT molecular complexity index is 1050. The van der Waals surface area contributed by atoms with Crippen LogP contribution < -0.4 is 11.1 Å². The number of nitrogen functional groups attached to an aromatic ring is 1. The number of hydrogen-bond acceptors (Lipinski definition) is 13. The topological polar surface area (TPSA) is 184 Å². The first kappa shape index (κ1) is 24.5. The normalized spacial score (nSPS) is 24.8. The van der Waals surface area contributed by atoms with E-state index in [4.69, 9.17) is 5.73 Å². The van der Waals surface area contributed by atoms with Gasteiger partial charge in [0.05, 0.1) is 0 Å². The lowest BCUT2D eigenvalue weighted by Gasteiger charge is -2.53. The predicted molar refractivity (Wildman–Crippen MR) is 123 cm³/mol. The first-order chi connectivity index (χ1) is 14.8. The molecule has 0 saturated carbocycles. The van der Waals surface area contributed by atoms with E-state index in [1.54, 1.807) is 0 Å². The van der Waals surface area contributed by atoms with Crippen molar-refractivity contribution in [2.75, 3.05) is 23.8 Å². The molecule has 0 spiro atoms. The second-order valence-corrected chi connectivity index (χ2v) is 10.7. The number of nitrogens with one attached hydrogen (secondary N) is 1. The summed E-state index contributed by atoms with van der Waals surface area (Å²) in [6.45, 7) is 0.0283. The van der Waals surface area contributed by atoms with Gasteiger partial charge in [-0.15, -0.1) is 35.5 Å². The van der Waals surface area contributed by atoms with Gasteiger partial charge in [-0.05, 0) is 11.5 Å². The number of carboxylic acids is 1. The fourth-order valence-electron chi connectivity index (χ4n) is 3.15. The van der Waals surface area contributed by atoms with Gasteiger partial charge in [-0.1, -0.05) is 16.9 Å². The molecule has 4 rings (SSSR count). The highest BCUT2D eigenvalue weighted by Gasteiger charge is 2.57. The molecule has 2 aromatic rings. The van der Waals surface area contributed by atoms with Gasteiger partial charge in [-0.25, -0.2) is 9.97 Å². The maximum atomic E-state index is 12.7. The van der Waals surface area contributed by atoms with Crippen molar-refractivity contribution in [3.05, 3.63) is 17.4 Å². The van der Waals surface area contributed by atoms with E-state index in [2.05, 4.69) is 24.8 Å². The maximum Gasteiger partial charge on any atom is 0.313 e. The molecular weight excluding hydrogens is 522 g/mol. The fourth-order valence-corrected chi connectivity index (χ4v) is 7.00. The van der Waals surface area contributed by atoms with E-state index in [1.807, 2.05) is 0 Å². The molecule has 2 aromatic heterocycles. The number of thioether (sulfide) groups is 2. The zero-order valence-electron chi connectivity index (χ0n) is 15.9. The van der Waals surface area contributed by atoms with Crippen molar-refractivity contribution in [2.24, 2.45) is 10.6 Å². The van der Waals surface area contributed by atoms with Gasteiger partial charge in [0.1, 0.15) is 28.9 Å². The van der Waals surface area contributed by atoms with Gasteiger partial charge in [0.25, 0.3) is 5.91 Å². The highest BCUT2D eigenvalue weighted by atomic mass is 35.5. The van der Waals surface area contributed by atoms with Crippen LogP contribution in [0.15, 0.2) is 21.2 Å². The van der Waals surface area contributed by atoms with Crippen molar-refractivity contribution in [3.8, 4) is 0 Å². The van der Waals surface area contributed by atoms with E-state index < -0.39 is 34.6 Å². The van der Waals surface area contributed by atoms with Crippen LogP contribution in [0.3, 0.4) is 0 Å². The number of aromatic nitrogens is 3. The highest BCUT2D eigenvalue weighted by Crippen LogP contribution is 2.44. The maximum absolute atomic E-state index is 12.7. The zero-order valence-corrected chi connectivity index (χ0v) is 20.0. The summed E-state index contributed by atoms with van der Waals surface area (Å²) >= 11 is 4.84. The molecular formula is C15H16ClN7O5S4. The molecule has 0 aromatic carbocycles. The third kappa shape index (κ3) is 4.50. The molecule has 2 fully saturated rings. The lowest BCUT2D eigenvalue weighted by molar-refractivity contribution is -0.157. The van der Waals surface area contributed by atoms with Gasteiger partial charge in [-0.3, -0.25) is 14.4 Å². The molecule has 2 saturated heterocycles. The first-order valence-electron chi connectivity index (χ1n) is 8.64. The molecule has 0 radical (unpaired) electrons. The molecule has 4 heterocycles. The number of anilines is 1. The molecule has 17 heteroatoms. The van der Waals surface area contributed by atoms with Crippen molar-refractivity contribution < 1.29 is 24.7 Å². The van der Waals surface area contributed by atoms with E-state index in [0.717, 1.165) is 11.3 Å². The number of amides is 2.